The first-order chi connectivity index (χ1) is 9.34. The lowest BCUT2D eigenvalue weighted by Crippen LogP contribution is -2.06. The molecular formula is C14H14N4S. The third-order valence-electron chi connectivity index (χ3n) is 2.90. The SMILES string of the molecule is Cc1nccn1-c1ncccc1NCc1ccsc1. The molecule has 3 heterocycles. The predicted molar refractivity (Wildman–Crippen MR) is 77.7 cm³/mol. The molecule has 0 spiro atoms. The van der Waals surface area contributed by atoms with Crippen LogP contribution in [0.15, 0.2) is 47.5 Å². The molecule has 0 amide bonds. The highest BCUT2D eigenvalue weighted by Gasteiger charge is 2.07. The van der Waals surface area contributed by atoms with Crippen LogP contribution >= 0.6 is 11.3 Å². The van der Waals surface area contributed by atoms with Crippen LogP contribution in [0, 0.1) is 6.92 Å². The summed E-state index contributed by atoms with van der Waals surface area (Å²) in [6.07, 6.45) is 5.50. The zero-order valence-corrected chi connectivity index (χ0v) is 11.4. The molecule has 0 saturated heterocycles. The molecule has 0 fully saturated rings. The van der Waals surface area contributed by atoms with Crippen molar-refractivity contribution in [2.24, 2.45) is 0 Å². The number of rotatable bonds is 4. The minimum absolute atomic E-state index is 0.802. The highest BCUT2D eigenvalue weighted by molar-refractivity contribution is 7.07. The smallest absolute Gasteiger partial charge is 0.161 e. The van der Waals surface area contributed by atoms with Gasteiger partial charge in [0.25, 0.3) is 0 Å². The van der Waals surface area contributed by atoms with Crippen LogP contribution in [0.5, 0.6) is 0 Å². The molecule has 5 heteroatoms. The minimum Gasteiger partial charge on any atom is -0.378 e. The highest BCUT2D eigenvalue weighted by Crippen LogP contribution is 2.19. The molecule has 19 heavy (non-hydrogen) atoms. The van der Waals surface area contributed by atoms with E-state index in [0.29, 0.717) is 0 Å². The Hall–Kier alpha value is -2.14. The van der Waals surface area contributed by atoms with Crippen LogP contribution < -0.4 is 5.32 Å². The number of anilines is 1. The lowest BCUT2D eigenvalue weighted by Gasteiger charge is -2.12. The predicted octanol–water partition coefficient (Wildman–Crippen LogP) is 3.25. The van der Waals surface area contributed by atoms with Gasteiger partial charge in [0, 0.05) is 25.1 Å². The topological polar surface area (TPSA) is 42.7 Å². The summed E-state index contributed by atoms with van der Waals surface area (Å²) >= 11 is 1.71. The van der Waals surface area contributed by atoms with Crippen LogP contribution in [0.2, 0.25) is 0 Å². The third kappa shape index (κ3) is 2.51. The number of thiophene rings is 1. The van der Waals surface area contributed by atoms with Crippen molar-refractivity contribution in [2.75, 3.05) is 5.32 Å². The molecule has 0 unspecified atom stereocenters. The van der Waals surface area contributed by atoms with Crippen LogP contribution in [0.3, 0.4) is 0 Å². The number of nitrogens with zero attached hydrogens (tertiary/aromatic N) is 3. The van der Waals surface area contributed by atoms with Gasteiger partial charge in [0.1, 0.15) is 5.82 Å². The molecule has 0 bridgehead atoms. The van der Waals surface area contributed by atoms with Crippen molar-refractivity contribution in [3.05, 3.63) is 58.9 Å². The lowest BCUT2D eigenvalue weighted by molar-refractivity contribution is 0.929. The number of imidazole rings is 1. The van der Waals surface area contributed by atoms with Crippen LogP contribution in [0.1, 0.15) is 11.4 Å². The molecule has 0 aliphatic carbocycles. The van der Waals surface area contributed by atoms with Gasteiger partial charge in [0.2, 0.25) is 0 Å². The summed E-state index contributed by atoms with van der Waals surface area (Å²) < 4.78 is 1.98. The molecule has 3 aromatic rings. The maximum absolute atomic E-state index is 4.44. The molecule has 96 valence electrons. The second-order valence-corrected chi connectivity index (χ2v) is 4.98. The molecule has 0 aromatic carbocycles. The van der Waals surface area contributed by atoms with E-state index in [1.165, 1.54) is 5.56 Å². The molecule has 3 rings (SSSR count). The van der Waals surface area contributed by atoms with Gasteiger partial charge in [-0.15, -0.1) is 0 Å². The number of aryl methyl sites for hydroxylation is 1. The molecule has 1 N–H and O–H groups in total. The van der Waals surface area contributed by atoms with Crippen LogP contribution in [0.4, 0.5) is 5.69 Å². The van der Waals surface area contributed by atoms with E-state index < -0.39 is 0 Å². The number of hydrogen-bond acceptors (Lipinski definition) is 4. The fourth-order valence-electron chi connectivity index (χ4n) is 1.92. The quantitative estimate of drug-likeness (QED) is 0.791. The second-order valence-electron chi connectivity index (χ2n) is 4.20. The van der Waals surface area contributed by atoms with Crippen molar-refractivity contribution in [2.45, 2.75) is 13.5 Å². The summed E-state index contributed by atoms with van der Waals surface area (Å²) in [7, 11) is 0. The van der Waals surface area contributed by atoms with Gasteiger partial charge < -0.3 is 5.32 Å². The maximum Gasteiger partial charge on any atom is 0.161 e. The number of pyridine rings is 1. The van der Waals surface area contributed by atoms with Gasteiger partial charge in [-0.05, 0) is 41.4 Å². The Morgan fingerprint density at radius 2 is 2.21 bits per heavy atom. The maximum atomic E-state index is 4.44. The Morgan fingerprint density at radius 3 is 2.95 bits per heavy atom. The summed E-state index contributed by atoms with van der Waals surface area (Å²) in [5.41, 5.74) is 2.29. The summed E-state index contributed by atoms with van der Waals surface area (Å²) in [5, 5.41) is 7.66. The van der Waals surface area contributed by atoms with Crippen LogP contribution in [0.25, 0.3) is 5.82 Å². The molecule has 4 nitrogen and oxygen atoms in total. The minimum atomic E-state index is 0.802. The first-order valence-corrected chi connectivity index (χ1v) is 6.99. The van der Waals surface area contributed by atoms with Gasteiger partial charge in [-0.1, -0.05) is 0 Å². The largest absolute Gasteiger partial charge is 0.378 e. The fraction of sp³-hybridized carbons (Fsp3) is 0.143. The second kappa shape index (κ2) is 5.24. The zero-order valence-electron chi connectivity index (χ0n) is 10.6. The number of aromatic nitrogens is 3. The van der Waals surface area contributed by atoms with E-state index in [1.807, 2.05) is 29.8 Å². The van der Waals surface area contributed by atoms with Crippen molar-refractivity contribution >= 4 is 17.0 Å². The molecule has 3 aromatic heterocycles. The van der Waals surface area contributed by atoms with Gasteiger partial charge in [0.05, 0.1) is 5.69 Å². The van der Waals surface area contributed by atoms with Crippen molar-refractivity contribution in [3.8, 4) is 5.82 Å². The van der Waals surface area contributed by atoms with Gasteiger partial charge >= 0.3 is 0 Å². The Labute approximate surface area is 115 Å². The van der Waals surface area contributed by atoms with Gasteiger partial charge in [0.15, 0.2) is 5.82 Å². The molecule has 0 saturated carbocycles. The average molecular weight is 270 g/mol. The highest BCUT2D eigenvalue weighted by atomic mass is 32.1. The normalized spacial score (nSPS) is 10.6. The molecule has 0 radical (unpaired) electrons. The Bertz CT molecular complexity index is 658. The van der Waals surface area contributed by atoms with Crippen LogP contribution in [-0.4, -0.2) is 14.5 Å². The van der Waals surface area contributed by atoms with Gasteiger partial charge in [-0.3, -0.25) is 4.57 Å². The summed E-state index contributed by atoms with van der Waals surface area (Å²) in [4.78, 5) is 8.69. The first kappa shape index (κ1) is 11.9. The number of hydrogen-bond donors (Lipinski definition) is 1. The van der Waals surface area contributed by atoms with Gasteiger partial charge in [-0.2, -0.15) is 11.3 Å². The summed E-state index contributed by atoms with van der Waals surface area (Å²) in [6.45, 7) is 2.77. The Morgan fingerprint density at radius 1 is 1.26 bits per heavy atom. The van der Waals surface area contributed by atoms with Crippen molar-refractivity contribution in [1.82, 2.24) is 14.5 Å². The summed E-state index contributed by atoms with van der Waals surface area (Å²) in [5.74, 6) is 1.81. The van der Waals surface area contributed by atoms with E-state index in [-0.39, 0.29) is 0 Å². The Kier molecular flexibility index (Phi) is 3.29. The van der Waals surface area contributed by atoms with Crippen molar-refractivity contribution < 1.29 is 0 Å². The fourth-order valence-corrected chi connectivity index (χ4v) is 2.59. The van der Waals surface area contributed by atoms with E-state index in [9.17, 15) is 0 Å². The van der Waals surface area contributed by atoms with Crippen molar-refractivity contribution in [3.63, 3.8) is 0 Å². The summed E-state index contributed by atoms with van der Waals surface area (Å²) in [6, 6.07) is 6.09. The average Bonchev–Trinajstić information content (AvgIpc) is 3.08. The van der Waals surface area contributed by atoms with Crippen molar-refractivity contribution in [1.29, 1.82) is 0 Å². The van der Waals surface area contributed by atoms with E-state index in [4.69, 9.17) is 0 Å². The molecular weight excluding hydrogens is 256 g/mol. The van der Waals surface area contributed by atoms with Crippen LogP contribution in [-0.2, 0) is 6.54 Å². The van der Waals surface area contributed by atoms with E-state index in [0.717, 1.165) is 23.9 Å². The number of nitrogens with one attached hydrogen (secondary N) is 1. The van der Waals surface area contributed by atoms with Gasteiger partial charge in [-0.25, -0.2) is 9.97 Å². The molecule has 0 atom stereocenters. The monoisotopic (exact) mass is 270 g/mol. The first-order valence-electron chi connectivity index (χ1n) is 6.05. The van der Waals surface area contributed by atoms with E-state index in [2.05, 4.69) is 32.1 Å². The van der Waals surface area contributed by atoms with E-state index >= 15 is 0 Å². The molecule has 0 aliphatic heterocycles. The Balaban J connectivity index is 1.88. The zero-order chi connectivity index (χ0) is 13.1. The molecule has 0 aliphatic rings. The van der Waals surface area contributed by atoms with E-state index in [1.54, 1.807) is 23.7 Å². The third-order valence-corrected chi connectivity index (χ3v) is 3.64. The standard InChI is InChI=1S/C14H14N4S/c1-11-15-6-7-18(11)14-13(3-2-5-16-14)17-9-12-4-8-19-10-12/h2-8,10,17H,9H2,1H3. The lowest BCUT2D eigenvalue weighted by atomic mass is 10.3.